The van der Waals surface area contributed by atoms with Crippen molar-refractivity contribution in [1.82, 2.24) is 34.9 Å². The minimum atomic E-state index is -0.364. The van der Waals surface area contributed by atoms with E-state index in [0.717, 1.165) is 48.4 Å². The Morgan fingerprint density at radius 3 is 2.92 bits per heavy atom. The van der Waals surface area contributed by atoms with E-state index in [-0.39, 0.29) is 24.6 Å². The third kappa shape index (κ3) is 4.50. The van der Waals surface area contributed by atoms with E-state index in [9.17, 15) is 9.18 Å². The SMILES string of the molecule is O=C(Nc1ncc2ccc(-c3cnn4c3CN(CCF)CC4)cc2n1)c1ccnc(OC2CNC2)c1. The zero-order valence-corrected chi connectivity index (χ0v) is 19.5. The Morgan fingerprint density at radius 2 is 2.08 bits per heavy atom. The van der Waals surface area contributed by atoms with Gasteiger partial charge in [-0.05, 0) is 17.7 Å². The molecule has 0 atom stereocenters. The first-order valence-corrected chi connectivity index (χ1v) is 11.9. The number of rotatable bonds is 7. The number of fused-ring (bicyclic) bond motifs is 2. The van der Waals surface area contributed by atoms with Crippen molar-refractivity contribution in [3.05, 3.63) is 60.2 Å². The molecule has 2 aliphatic heterocycles. The van der Waals surface area contributed by atoms with Gasteiger partial charge in [0, 0.05) is 67.7 Å². The number of anilines is 1. The average Bonchev–Trinajstić information content (AvgIpc) is 3.29. The molecule has 1 fully saturated rings. The van der Waals surface area contributed by atoms with Crippen molar-refractivity contribution in [3.8, 4) is 17.0 Å². The van der Waals surface area contributed by atoms with Crippen molar-refractivity contribution in [1.29, 1.82) is 0 Å². The summed E-state index contributed by atoms with van der Waals surface area (Å²) >= 11 is 0. The van der Waals surface area contributed by atoms with Gasteiger partial charge in [-0.25, -0.2) is 19.3 Å². The van der Waals surface area contributed by atoms with Crippen LogP contribution in [0, 0.1) is 0 Å². The first-order chi connectivity index (χ1) is 17.7. The molecule has 6 rings (SSSR count). The molecule has 1 saturated heterocycles. The highest BCUT2D eigenvalue weighted by Crippen LogP contribution is 2.29. The molecule has 36 heavy (non-hydrogen) atoms. The minimum Gasteiger partial charge on any atom is -0.472 e. The fourth-order valence-corrected chi connectivity index (χ4v) is 4.40. The summed E-state index contributed by atoms with van der Waals surface area (Å²) in [4.78, 5) is 28.0. The van der Waals surface area contributed by atoms with Crippen molar-refractivity contribution >= 4 is 22.8 Å². The minimum absolute atomic E-state index is 0.0715. The molecule has 0 bridgehead atoms. The number of amides is 1. The molecule has 2 N–H and O–H groups in total. The van der Waals surface area contributed by atoms with Crippen molar-refractivity contribution in [3.63, 3.8) is 0 Å². The molecule has 10 nitrogen and oxygen atoms in total. The van der Waals surface area contributed by atoms with Crippen LogP contribution in [-0.4, -0.2) is 74.5 Å². The van der Waals surface area contributed by atoms with Gasteiger partial charge in [-0.15, -0.1) is 0 Å². The molecule has 0 aliphatic carbocycles. The number of hydrogen-bond acceptors (Lipinski definition) is 8. The molecule has 11 heteroatoms. The van der Waals surface area contributed by atoms with Crippen LogP contribution in [0.5, 0.6) is 5.88 Å². The van der Waals surface area contributed by atoms with Gasteiger partial charge in [0.05, 0.1) is 24.0 Å². The molecule has 2 aliphatic rings. The summed E-state index contributed by atoms with van der Waals surface area (Å²) in [5.41, 5.74) is 4.13. The van der Waals surface area contributed by atoms with Crippen LogP contribution in [0.1, 0.15) is 16.1 Å². The second-order valence-corrected chi connectivity index (χ2v) is 8.90. The largest absolute Gasteiger partial charge is 0.472 e. The number of halogens is 1. The summed E-state index contributed by atoms with van der Waals surface area (Å²) in [5, 5.41) is 11.3. The van der Waals surface area contributed by atoms with Crippen LogP contribution in [0.3, 0.4) is 0 Å². The Morgan fingerprint density at radius 1 is 1.17 bits per heavy atom. The lowest BCUT2D eigenvalue weighted by atomic mass is 10.0. The number of carbonyl (C=O) groups is 1. The van der Waals surface area contributed by atoms with E-state index in [4.69, 9.17) is 4.74 Å². The van der Waals surface area contributed by atoms with Crippen molar-refractivity contribution in [2.45, 2.75) is 19.2 Å². The summed E-state index contributed by atoms with van der Waals surface area (Å²) in [6.45, 7) is 3.76. The lowest BCUT2D eigenvalue weighted by Gasteiger charge is -2.27. The normalized spacial score (nSPS) is 15.9. The number of benzene rings is 1. The first kappa shape index (κ1) is 22.5. The highest BCUT2D eigenvalue weighted by atomic mass is 19.1. The number of pyridine rings is 1. The molecule has 5 heterocycles. The van der Waals surface area contributed by atoms with Crippen molar-refractivity contribution in [2.24, 2.45) is 0 Å². The van der Waals surface area contributed by atoms with E-state index in [1.54, 1.807) is 24.5 Å². The Labute approximate surface area is 206 Å². The average molecular weight is 489 g/mol. The lowest BCUT2D eigenvalue weighted by molar-refractivity contribution is 0.102. The van der Waals surface area contributed by atoms with Gasteiger partial charge in [0.25, 0.3) is 5.91 Å². The Bertz CT molecular complexity index is 1420. The van der Waals surface area contributed by atoms with Crippen LogP contribution in [0.15, 0.2) is 48.9 Å². The lowest BCUT2D eigenvalue weighted by Crippen LogP contribution is -2.50. The molecule has 4 aromatic rings. The predicted molar refractivity (Wildman–Crippen MR) is 131 cm³/mol. The Balaban J connectivity index is 1.23. The summed E-state index contributed by atoms with van der Waals surface area (Å²) < 4.78 is 20.6. The maximum Gasteiger partial charge on any atom is 0.258 e. The highest BCUT2D eigenvalue weighted by Gasteiger charge is 2.22. The molecule has 1 aromatic carbocycles. The Hall–Kier alpha value is -3.96. The summed E-state index contributed by atoms with van der Waals surface area (Å²) in [5.74, 6) is 0.272. The van der Waals surface area contributed by atoms with Gasteiger partial charge in [0.15, 0.2) is 0 Å². The fraction of sp³-hybridized carbons (Fsp3) is 0.320. The second-order valence-electron chi connectivity index (χ2n) is 8.90. The van der Waals surface area contributed by atoms with E-state index in [2.05, 4.69) is 35.6 Å². The van der Waals surface area contributed by atoms with E-state index in [0.29, 0.717) is 30.0 Å². The zero-order chi connectivity index (χ0) is 24.5. The maximum absolute atomic E-state index is 12.9. The molecule has 0 unspecified atom stereocenters. The summed E-state index contributed by atoms with van der Waals surface area (Å²) in [6.07, 6.45) is 5.15. The van der Waals surface area contributed by atoms with E-state index in [1.807, 2.05) is 29.1 Å². The quantitative estimate of drug-likeness (QED) is 0.408. The third-order valence-corrected chi connectivity index (χ3v) is 6.50. The molecule has 184 valence electrons. The molecule has 0 radical (unpaired) electrons. The smallest absolute Gasteiger partial charge is 0.258 e. The van der Waals surface area contributed by atoms with Crippen LogP contribution in [0.2, 0.25) is 0 Å². The topological polar surface area (TPSA) is 110 Å². The van der Waals surface area contributed by atoms with Gasteiger partial charge in [0.1, 0.15) is 12.8 Å². The van der Waals surface area contributed by atoms with Gasteiger partial charge >= 0.3 is 0 Å². The first-order valence-electron chi connectivity index (χ1n) is 11.9. The van der Waals surface area contributed by atoms with Gasteiger partial charge in [-0.2, -0.15) is 5.10 Å². The van der Waals surface area contributed by atoms with Gasteiger partial charge in [-0.3, -0.25) is 19.7 Å². The molecule has 0 saturated carbocycles. The zero-order valence-electron chi connectivity index (χ0n) is 19.5. The second kappa shape index (κ2) is 9.59. The number of hydrogen-bond donors (Lipinski definition) is 2. The van der Waals surface area contributed by atoms with E-state index < -0.39 is 0 Å². The third-order valence-electron chi connectivity index (χ3n) is 6.50. The summed E-state index contributed by atoms with van der Waals surface area (Å²) in [6, 6.07) is 9.15. The van der Waals surface area contributed by atoms with Crippen LogP contribution < -0.4 is 15.4 Å². The number of aromatic nitrogens is 5. The Kier molecular flexibility index (Phi) is 5.99. The molecular formula is C25H25FN8O2. The van der Waals surface area contributed by atoms with E-state index in [1.165, 1.54) is 0 Å². The van der Waals surface area contributed by atoms with Crippen molar-refractivity contribution < 1.29 is 13.9 Å². The van der Waals surface area contributed by atoms with Crippen LogP contribution in [0.25, 0.3) is 22.0 Å². The monoisotopic (exact) mass is 488 g/mol. The number of nitrogens with zero attached hydrogens (tertiary/aromatic N) is 6. The molecule has 3 aromatic heterocycles. The van der Waals surface area contributed by atoms with Crippen molar-refractivity contribution in [2.75, 3.05) is 38.2 Å². The van der Waals surface area contributed by atoms with Crippen LogP contribution in [-0.2, 0) is 13.1 Å². The van der Waals surface area contributed by atoms with E-state index >= 15 is 0 Å². The number of nitrogens with one attached hydrogen (secondary N) is 2. The predicted octanol–water partition coefficient (Wildman–Crippen LogP) is 2.28. The highest BCUT2D eigenvalue weighted by molar-refractivity contribution is 6.03. The number of alkyl halides is 1. The van der Waals surface area contributed by atoms with Crippen LogP contribution >= 0.6 is 0 Å². The molecular weight excluding hydrogens is 463 g/mol. The fourth-order valence-electron chi connectivity index (χ4n) is 4.40. The molecule has 0 spiro atoms. The van der Waals surface area contributed by atoms with Crippen LogP contribution in [0.4, 0.5) is 10.3 Å². The number of ether oxygens (including phenoxy) is 1. The van der Waals surface area contributed by atoms with Gasteiger partial charge in [-0.1, -0.05) is 12.1 Å². The maximum atomic E-state index is 12.9. The number of carbonyl (C=O) groups excluding carboxylic acids is 1. The standard InChI is InChI=1S/C25H25FN8O2/c26-4-6-33-7-8-34-22(15-33)20(14-30-34)16-1-2-18-11-29-25(31-21(18)9-16)32-24(35)17-3-5-28-23(10-17)36-19-12-27-13-19/h1-3,5,9-11,14,19,27H,4,6-8,12-13,15H2,(H,29,31,32,35). The van der Waals surface area contributed by atoms with Gasteiger partial charge < -0.3 is 10.1 Å². The van der Waals surface area contributed by atoms with Gasteiger partial charge in [0.2, 0.25) is 11.8 Å². The summed E-state index contributed by atoms with van der Waals surface area (Å²) in [7, 11) is 0. The molecule has 1 amide bonds.